The van der Waals surface area contributed by atoms with Crippen LogP contribution in [0.5, 0.6) is 0 Å². The Hall–Kier alpha value is -4.76. The van der Waals surface area contributed by atoms with E-state index in [1.807, 2.05) is 97.1 Å². The first-order valence-electron chi connectivity index (χ1n) is 15.1. The van der Waals surface area contributed by atoms with E-state index in [2.05, 4.69) is 70.2 Å². The van der Waals surface area contributed by atoms with Gasteiger partial charge in [0, 0.05) is 23.6 Å². The summed E-state index contributed by atoms with van der Waals surface area (Å²) in [5, 5.41) is 3.71. The van der Waals surface area contributed by atoms with Crippen LogP contribution in [0.4, 0.5) is 0 Å². The third-order valence-corrected chi connectivity index (χ3v) is 8.00. The van der Waals surface area contributed by atoms with Crippen LogP contribution in [0.15, 0.2) is 144 Å². The molecule has 1 radical (unpaired) electrons. The lowest BCUT2D eigenvalue weighted by Gasteiger charge is -2.32. The summed E-state index contributed by atoms with van der Waals surface area (Å²) in [7, 11) is 0. The molecule has 2 atom stereocenters. The zero-order valence-corrected chi connectivity index (χ0v) is 26.2. The van der Waals surface area contributed by atoms with Gasteiger partial charge in [0.25, 0.3) is 0 Å². The quantitative estimate of drug-likeness (QED) is 0.176. The SMILES string of the molecule is CC(C)C(C)(CC=O)c1ccccc1.CC(CC=O)c1ccccc1.[c]1ccccc1.c1ccc2c(c1)ccc1occc12. The van der Waals surface area contributed by atoms with E-state index in [0.717, 1.165) is 18.2 Å². The Balaban J connectivity index is 0.000000166. The number of hydrogen-bond donors (Lipinski definition) is 0. The molecule has 1 heterocycles. The van der Waals surface area contributed by atoms with Gasteiger partial charge < -0.3 is 14.0 Å². The van der Waals surface area contributed by atoms with E-state index in [1.54, 1.807) is 6.26 Å². The van der Waals surface area contributed by atoms with Crippen LogP contribution in [0.3, 0.4) is 0 Å². The molecule has 0 amide bonds. The van der Waals surface area contributed by atoms with Gasteiger partial charge in [-0.2, -0.15) is 0 Å². The summed E-state index contributed by atoms with van der Waals surface area (Å²) >= 11 is 0. The maximum absolute atomic E-state index is 10.7. The van der Waals surface area contributed by atoms with Crippen molar-refractivity contribution in [2.45, 2.75) is 51.9 Å². The number of benzene rings is 5. The van der Waals surface area contributed by atoms with Crippen LogP contribution >= 0.6 is 0 Å². The highest BCUT2D eigenvalue weighted by Gasteiger charge is 2.29. The van der Waals surface area contributed by atoms with E-state index < -0.39 is 0 Å². The van der Waals surface area contributed by atoms with E-state index in [0.29, 0.717) is 24.7 Å². The molecule has 0 aliphatic heterocycles. The Labute approximate surface area is 262 Å². The molecule has 44 heavy (non-hydrogen) atoms. The lowest BCUT2D eigenvalue weighted by atomic mass is 9.71. The van der Waals surface area contributed by atoms with Gasteiger partial charge in [0.2, 0.25) is 0 Å². The lowest BCUT2D eigenvalue weighted by molar-refractivity contribution is -0.109. The van der Waals surface area contributed by atoms with Crippen molar-refractivity contribution in [3.63, 3.8) is 0 Å². The molecule has 5 aromatic carbocycles. The minimum Gasteiger partial charge on any atom is -0.464 e. The predicted octanol–water partition coefficient (Wildman–Crippen LogP) is 10.6. The number of furan rings is 1. The third kappa shape index (κ3) is 9.91. The van der Waals surface area contributed by atoms with Crippen LogP contribution in [-0.2, 0) is 15.0 Å². The second kappa shape index (κ2) is 18.0. The molecule has 0 spiro atoms. The zero-order valence-electron chi connectivity index (χ0n) is 26.2. The topological polar surface area (TPSA) is 47.3 Å². The molecule has 3 heteroatoms. The van der Waals surface area contributed by atoms with Crippen molar-refractivity contribution in [2.24, 2.45) is 5.92 Å². The summed E-state index contributed by atoms with van der Waals surface area (Å²) in [6, 6.07) is 47.3. The van der Waals surface area contributed by atoms with E-state index >= 15 is 0 Å². The fourth-order valence-corrected chi connectivity index (χ4v) is 4.81. The zero-order chi connectivity index (χ0) is 31.6. The Kier molecular flexibility index (Phi) is 13.8. The molecular weight excluding hydrogens is 540 g/mol. The number of aldehydes is 2. The Bertz CT molecular complexity index is 1610. The van der Waals surface area contributed by atoms with Crippen LogP contribution in [0.1, 0.15) is 57.6 Å². The molecule has 2 unspecified atom stereocenters. The van der Waals surface area contributed by atoms with Crippen LogP contribution in [0.25, 0.3) is 21.7 Å². The fourth-order valence-electron chi connectivity index (χ4n) is 4.81. The van der Waals surface area contributed by atoms with Gasteiger partial charge in [-0.3, -0.25) is 0 Å². The largest absolute Gasteiger partial charge is 0.464 e. The molecule has 0 bridgehead atoms. The number of carbonyl (C=O) groups is 2. The number of carbonyl (C=O) groups excluding carboxylic acids is 2. The molecule has 0 saturated heterocycles. The van der Waals surface area contributed by atoms with Crippen molar-refractivity contribution < 1.29 is 14.0 Å². The van der Waals surface area contributed by atoms with Gasteiger partial charge in [0.15, 0.2) is 0 Å². The molecule has 0 fully saturated rings. The average molecular weight is 584 g/mol. The van der Waals surface area contributed by atoms with Crippen molar-refractivity contribution in [3.8, 4) is 0 Å². The van der Waals surface area contributed by atoms with E-state index in [9.17, 15) is 9.59 Å². The maximum atomic E-state index is 10.7. The van der Waals surface area contributed by atoms with Gasteiger partial charge in [0.1, 0.15) is 18.2 Å². The number of hydrogen-bond acceptors (Lipinski definition) is 3. The molecule has 0 aliphatic rings. The molecule has 3 nitrogen and oxygen atoms in total. The van der Waals surface area contributed by atoms with Crippen molar-refractivity contribution in [2.75, 3.05) is 0 Å². The van der Waals surface area contributed by atoms with Crippen LogP contribution < -0.4 is 0 Å². The second-order valence-corrected chi connectivity index (χ2v) is 11.2. The van der Waals surface area contributed by atoms with Gasteiger partial charge in [0.05, 0.1) is 6.26 Å². The standard InChI is InChI=1S/C13H18O.C12H8O.C10H12O.C6H5/c1-11(2)13(3,9-10-14)12-7-5-4-6-8-12;1-2-4-10-9(3-1)5-6-12-11(10)7-8-13-12;1-9(7-8-11)10-5-3-2-4-6-10;1-2-4-6-5-3-1/h4-8,10-11H,9H2,1-3H3;1-8H;2-6,8-9H,7H2,1H3;1-5H. The molecular formula is C41H43O3. The molecule has 1 aromatic heterocycles. The van der Waals surface area contributed by atoms with Crippen LogP contribution in [0, 0.1) is 12.0 Å². The monoisotopic (exact) mass is 583 g/mol. The first-order valence-corrected chi connectivity index (χ1v) is 15.1. The lowest BCUT2D eigenvalue weighted by Crippen LogP contribution is -2.29. The average Bonchev–Trinajstić information content (AvgIpc) is 3.57. The summed E-state index contributed by atoms with van der Waals surface area (Å²) in [4.78, 5) is 20.9. The normalized spacial score (nSPS) is 12.3. The van der Waals surface area contributed by atoms with Crippen molar-refractivity contribution >= 4 is 34.3 Å². The van der Waals surface area contributed by atoms with Gasteiger partial charge in [-0.15, -0.1) is 0 Å². The Morgan fingerprint density at radius 3 is 1.86 bits per heavy atom. The maximum Gasteiger partial charge on any atom is 0.134 e. The predicted molar refractivity (Wildman–Crippen MR) is 184 cm³/mol. The van der Waals surface area contributed by atoms with Gasteiger partial charge >= 0.3 is 0 Å². The van der Waals surface area contributed by atoms with Crippen molar-refractivity contribution in [1.29, 1.82) is 0 Å². The highest BCUT2D eigenvalue weighted by atomic mass is 16.3. The van der Waals surface area contributed by atoms with Crippen LogP contribution in [0.2, 0.25) is 0 Å². The summed E-state index contributed by atoms with van der Waals surface area (Å²) < 4.78 is 5.33. The molecule has 0 aliphatic carbocycles. The highest BCUT2D eigenvalue weighted by molar-refractivity contribution is 6.05. The van der Waals surface area contributed by atoms with Crippen LogP contribution in [-0.4, -0.2) is 12.6 Å². The fraction of sp³-hybridized carbons (Fsp3) is 0.220. The van der Waals surface area contributed by atoms with E-state index in [1.165, 1.54) is 27.3 Å². The summed E-state index contributed by atoms with van der Waals surface area (Å²) in [5.74, 6) is 0.823. The highest BCUT2D eigenvalue weighted by Crippen LogP contribution is 2.34. The smallest absolute Gasteiger partial charge is 0.134 e. The van der Waals surface area contributed by atoms with Gasteiger partial charge in [-0.05, 0) is 51.9 Å². The Morgan fingerprint density at radius 2 is 1.30 bits per heavy atom. The van der Waals surface area contributed by atoms with E-state index in [-0.39, 0.29) is 5.41 Å². The number of rotatable bonds is 7. The summed E-state index contributed by atoms with van der Waals surface area (Å²) in [6.45, 7) is 8.54. The number of fused-ring (bicyclic) bond motifs is 3. The van der Waals surface area contributed by atoms with Crippen molar-refractivity contribution in [3.05, 3.63) is 157 Å². The third-order valence-electron chi connectivity index (χ3n) is 8.00. The van der Waals surface area contributed by atoms with Gasteiger partial charge in [-0.25, -0.2) is 0 Å². The van der Waals surface area contributed by atoms with Gasteiger partial charge in [-0.1, -0.05) is 149 Å². The molecule has 6 rings (SSSR count). The summed E-state index contributed by atoms with van der Waals surface area (Å²) in [6.07, 6.45) is 4.93. The first-order chi connectivity index (χ1) is 21.4. The molecule has 0 saturated carbocycles. The minimum atomic E-state index is -0.0248. The summed E-state index contributed by atoms with van der Waals surface area (Å²) in [5.41, 5.74) is 3.42. The second-order valence-electron chi connectivity index (χ2n) is 11.2. The Morgan fingerprint density at radius 1 is 0.682 bits per heavy atom. The molecule has 6 aromatic rings. The first kappa shape index (κ1) is 33.7. The minimum absolute atomic E-state index is 0.0248. The van der Waals surface area contributed by atoms with Crippen molar-refractivity contribution in [1.82, 2.24) is 0 Å². The molecule has 225 valence electrons. The molecule has 0 N–H and O–H groups in total. The van der Waals surface area contributed by atoms with E-state index in [4.69, 9.17) is 4.42 Å².